The predicted molar refractivity (Wildman–Crippen MR) is 227 cm³/mol. The second-order valence-corrected chi connectivity index (χ2v) is 15.4. The predicted octanol–water partition coefficient (Wildman–Crippen LogP) is 14.7. The standard InChI is InChI=1S/C48H30N2S2/c1-3-11-33(12-4-1)49(34-13-5-2-6-14-34)35-23-19-31(20-24-35)32-21-25-36(26-22-32)50-40-29-30-44-45(39-16-8-10-18-43(39)51-44)46(40)47-41(50)28-27-38-37-15-7-9-17-42(37)52-48(38)47/h1-30H. The zero-order valence-corrected chi connectivity index (χ0v) is 29.7. The third-order valence-electron chi connectivity index (χ3n) is 10.4. The molecule has 3 heterocycles. The number of fused-ring (bicyclic) bond motifs is 11. The van der Waals surface area contributed by atoms with E-state index in [9.17, 15) is 0 Å². The minimum Gasteiger partial charge on any atom is -0.311 e. The van der Waals surface area contributed by atoms with Crippen LogP contribution in [0.5, 0.6) is 0 Å². The first-order valence-corrected chi connectivity index (χ1v) is 19.2. The van der Waals surface area contributed by atoms with Crippen molar-refractivity contribution in [2.45, 2.75) is 0 Å². The number of nitrogens with zero attached hydrogens (tertiary/aromatic N) is 2. The Morgan fingerprint density at radius 1 is 0.346 bits per heavy atom. The molecule has 2 nitrogen and oxygen atoms in total. The van der Waals surface area contributed by atoms with Crippen molar-refractivity contribution in [2.24, 2.45) is 0 Å². The van der Waals surface area contributed by atoms with Gasteiger partial charge >= 0.3 is 0 Å². The van der Waals surface area contributed by atoms with Crippen molar-refractivity contribution in [1.82, 2.24) is 4.57 Å². The van der Waals surface area contributed by atoms with Crippen LogP contribution in [0.15, 0.2) is 182 Å². The molecule has 0 aliphatic rings. The first-order valence-electron chi connectivity index (χ1n) is 17.6. The van der Waals surface area contributed by atoms with Crippen LogP contribution in [0.25, 0.3) is 79.0 Å². The molecule has 0 N–H and O–H groups in total. The Labute approximate surface area is 308 Å². The van der Waals surface area contributed by atoms with Crippen LogP contribution < -0.4 is 4.90 Å². The number of hydrogen-bond acceptors (Lipinski definition) is 3. The summed E-state index contributed by atoms with van der Waals surface area (Å²) in [6.07, 6.45) is 0. The number of thiophene rings is 2. The molecule has 0 bridgehead atoms. The van der Waals surface area contributed by atoms with E-state index in [2.05, 4.69) is 191 Å². The zero-order chi connectivity index (χ0) is 34.2. The van der Waals surface area contributed by atoms with Crippen LogP contribution in [0.4, 0.5) is 17.1 Å². The molecule has 3 aromatic heterocycles. The quantitative estimate of drug-likeness (QED) is 0.174. The molecule has 0 amide bonds. The van der Waals surface area contributed by atoms with Crippen molar-refractivity contribution >= 4 is 102 Å². The Hall–Kier alpha value is -6.20. The van der Waals surface area contributed by atoms with Gasteiger partial charge in [0.2, 0.25) is 0 Å². The number of aromatic nitrogens is 1. The molecule has 0 aliphatic carbocycles. The molecule has 4 heteroatoms. The highest BCUT2D eigenvalue weighted by molar-refractivity contribution is 7.27. The van der Waals surface area contributed by atoms with E-state index in [4.69, 9.17) is 0 Å². The van der Waals surface area contributed by atoms with Gasteiger partial charge in [-0.05, 0) is 90.0 Å². The second-order valence-electron chi connectivity index (χ2n) is 13.3. The Bertz CT molecular complexity index is 3060. The summed E-state index contributed by atoms with van der Waals surface area (Å²) < 4.78 is 7.84. The molecule has 244 valence electrons. The Kier molecular flexibility index (Phi) is 6.63. The van der Waals surface area contributed by atoms with Gasteiger partial charge in [-0.3, -0.25) is 0 Å². The van der Waals surface area contributed by atoms with E-state index in [1.165, 1.54) is 79.0 Å². The minimum absolute atomic E-state index is 1.13. The van der Waals surface area contributed by atoms with Gasteiger partial charge in [-0.25, -0.2) is 0 Å². The molecule has 11 aromatic rings. The van der Waals surface area contributed by atoms with Crippen molar-refractivity contribution in [2.75, 3.05) is 4.90 Å². The van der Waals surface area contributed by atoms with E-state index >= 15 is 0 Å². The van der Waals surface area contributed by atoms with Gasteiger partial charge in [0.05, 0.1) is 11.0 Å². The number of anilines is 3. The first-order chi connectivity index (χ1) is 25.8. The van der Waals surface area contributed by atoms with E-state index < -0.39 is 0 Å². The molecule has 8 aromatic carbocycles. The Balaban J connectivity index is 1.06. The van der Waals surface area contributed by atoms with Crippen LogP contribution >= 0.6 is 22.7 Å². The highest BCUT2D eigenvalue weighted by atomic mass is 32.1. The summed E-state index contributed by atoms with van der Waals surface area (Å²) in [4.78, 5) is 2.30. The summed E-state index contributed by atoms with van der Waals surface area (Å²) in [5, 5.41) is 8.07. The van der Waals surface area contributed by atoms with Crippen LogP contribution in [0.2, 0.25) is 0 Å². The fraction of sp³-hybridized carbons (Fsp3) is 0. The van der Waals surface area contributed by atoms with Gasteiger partial charge in [-0.1, -0.05) is 103 Å². The van der Waals surface area contributed by atoms with Gasteiger partial charge < -0.3 is 9.47 Å². The average Bonchev–Trinajstić information content (AvgIpc) is 3.88. The molecule has 0 saturated heterocycles. The highest BCUT2D eigenvalue weighted by Crippen LogP contribution is 2.48. The average molecular weight is 699 g/mol. The first kappa shape index (κ1) is 29.5. The maximum atomic E-state index is 2.48. The smallest absolute Gasteiger partial charge is 0.0556 e. The maximum absolute atomic E-state index is 2.48. The zero-order valence-electron chi connectivity index (χ0n) is 28.0. The Morgan fingerprint density at radius 3 is 1.58 bits per heavy atom. The van der Waals surface area contributed by atoms with E-state index in [1.54, 1.807) is 0 Å². The van der Waals surface area contributed by atoms with Gasteiger partial charge in [-0.2, -0.15) is 0 Å². The van der Waals surface area contributed by atoms with Gasteiger partial charge in [0.25, 0.3) is 0 Å². The van der Waals surface area contributed by atoms with Crippen molar-refractivity contribution in [3.8, 4) is 16.8 Å². The molecule has 0 atom stereocenters. The molecular weight excluding hydrogens is 669 g/mol. The summed E-state index contributed by atoms with van der Waals surface area (Å²) >= 11 is 3.81. The lowest BCUT2D eigenvalue weighted by Gasteiger charge is -2.25. The summed E-state index contributed by atoms with van der Waals surface area (Å²) in [5.41, 5.74) is 9.44. The maximum Gasteiger partial charge on any atom is 0.0556 e. The number of benzene rings is 8. The number of hydrogen-bond donors (Lipinski definition) is 0. The molecule has 0 aliphatic heterocycles. The largest absolute Gasteiger partial charge is 0.311 e. The van der Waals surface area contributed by atoms with Gasteiger partial charge in [0.15, 0.2) is 0 Å². The topological polar surface area (TPSA) is 8.17 Å². The van der Waals surface area contributed by atoms with Crippen LogP contribution in [0.3, 0.4) is 0 Å². The van der Waals surface area contributed by atoms with Gasteiger partial charge in [0.1, 0.15) is 0 Å². The molecule has 0 unspecified atom stereocenters. The van der Waals surface area contributed by atoms with Crippen molar-refractivity contribution in [1.29, 1.82) is 0 Å². The highest BCUT2D eigenvalue weighted by Gasteiger charge is 2.21. The van der Waals surface area contributed by atoms with Crippen molar-refractivity contribution in [3.05, 3.63) is 182 Å². The van der Waals surface area contributed by atoms with Gasteiger partial charge in [-0.15, -0.1) is 22.7 Å². The van der Waals surface area contributed by atoms with Crippen molar-refractivity contribution in [3.63, 3.8) is 0 Å². The fourth-order valence-electron chi connectivity index (χ4n) is 8.07. The second kappa shape index (κ2) is 11.7. The number of para-hydroxylation sites is 2. The van der Waals surface area contributed by atoms with Crippen LogP contribution in [0, 0.1) is 0 Å². The fourth-order valence-corrected chi connectivity index (χ4v) is 10.4. The molecular formula is C48H30N2S2. The lowest BCUT2D eigenvalue weighted by atomic mass is 10.0. The molecule has 11 rings (SSSR count). The van der Waals surface area contributed by atoms with Crippen LogP contribution in [-0.4, -0.2) is 4.57 Å². The summed E-state index contributed by atoms with van der Waals surface area (Å²) in [7, 11) is 0. The van der Waals surface area contributed by atoms with Crippen LogP contribution in [0.1, 0.15) is 0 Å². The van der Waals surface area contributed by atoms with Gasteiger partial charge in [0, 0.05) is 73.9 Å². The SMILES string of the molecule is c1ccc(N(c2ccccc2)c2ccc(-c3ccc(-n4c5ccc6c7ccccc7sc6c5c5c6c(ccc54)sc4ccccc46)cc3)cc2)cc1. The lowest BCUT2D eigenvalue weighted by molar-refractivity contribution is 1.18. The van der Waals surface area contributed by atoms with E-state index in [-0.39, 0.29) is 0 Å². The molecule has 0 fully saturated rings. The summed E-state index contributed by atoms with van der Waals surface area (Å²) in [6.45, 7) is 0. The number of rotatable bonds is 5. The minimum atomic E-state index is 1.13. The monoisotopic (exact) mass is 698 g/mol. The molecule has 0 spiro atoms. The third-order valence-corrected chi connectivity index (χ3v) is 12.7. The van der Waals surface area contributed by atoms with Crippen LogP contribution in [-0.2, 0) is 0 Å². The molecule has 52 heavy (non-hydrogen) atoms. The molecule has 0 radical (unpaired) electrons. The Morgan fingerprint density at radius 2 is 0.885 bits per heavy atom. The van der Waals surface area contributed by atoms with E-state index in [1.807, 2.05) is 22.7 Å². The van der Waals surface area contributed by atoms with Crippen molar-refractivity contribution < 1.29 is 0 Å². The van der Waals surface area contributed by atoms with E-state index in [0.29, 0.717) is 0 Å². The molecule has 0 saturated carbocycles. The lowest BCUT2D eigenvalue weighted by Crippen LogP contribution is -2.09. The summed E-state index contributed by atoms with van der Waals surface area (Å²) in [6, 6.07) is 66.2. The third kappa shape index (κ3) is 4.48. The summed E-state index contributed by atoms with van der Waals surface area (Å²) in [5.74, 6) is 0. The van der Waals surface area contributed by atoms with E-state index in [0.717, 1.165) is 17.1 Å². The normalized spacial score (nSPS) is 11.8.